The number of methoxy groups -OCH3 is 1. The Morgan fingerprint density at radius 2 is 1.75 bits per heavy atom. The number of thioether (sulfide) groups is 1. The van der Waals surface area contributed by atoms with Crippen molar-refractivity contribution in [3.63, 3.8) is 0 Å². The summed E-state index contributed by atoms with van der Waals surface area (Å²) in [5, 5.41) is 19.8. The quantitative estimate of drug-likeness (QED) is 0.0960. The molecule has 1 aliphatic heterocycles. The number of hydrogen-bond donors (Lipinski definition) is 2. The Kier molecular flexibility index (Phi) is 10.5. The van der Waals surface area contributed by atoms with E-state index in [0.29, 0.717) is 43.2 Å². The van der Waals surface area contributed by atoms with E-state index in [9.17, 15) is 14.7 Å². The number of ether oxygens (including phenoxy) is 3. The van der Waals surface area contributed by atoms with Gasteiger partial charge in [-0.05, 0) is 68.7 Å². The summed E-state index contributed by atoms with van der Waals surface area (Å²) in [7, 11) is 1.55. The van der Waals surface area contributed by atoms with Crippen molar-refractivity contribution < 1.29 is 28.9 Å². The van der Waals surface area contributed by atoms with Crippen LogP contribution in [-0.4, -0.2) is 63.0 Å². The Balaban J connectivity index is 1.36. The fourth-order valence-corrected chi connectivity index (χ4v) is 7.81. The molecule has 0 fully saturated rings. The Labute approximate surface area is 308 Å². The largest absolute Gasteiger partial charge is 0.488 e. The predicted octanol–water partition coefficient (Wildman–Crippen LogP) is 8.76. The van der Waals surface area contributed by atoms with E-state index >= 15 is 0 Å². The summed E-state index contributed by atoms with van der Waals surface area (Å²) in [6.45, 7) is 12.5. The number of aromatic nitrogens is 3. The SMILES string of the molecule is CCOC(=O)C(C)(C)Cc1[nH]c2ccc(OC(Cc3ccc(-c4ccc(OC)nn4)cc3)[C@@H]3Cc4ccccc4N3C(=O)O)cc2c1SC(C)(C)C. The van der Waals surface area contributed by atoms with Gasteiger partial charge in [-0.2, -0.15) is 0 Å². The van der Waals surface area contributed by atoms with E-state index in [0.717, 1.165) is 43.9 Å². The van der Waals surface area contributed by atoms with E-state index in [4.69, 9.17) is 14.2 Å². The molecule has 52 heavy (non-hydrogen) atoms. The number of hydrogen-bond acceptors (Lipinski definition) is 8. The van der Waals surface area contributed by atoms with Crippen LogP contribution < -0.4 is 14.4 Å². The minimum Gasteiger partial charge on any atom is -0.488 e. The Bertz CT molecular complexity index is 2050. The fourth-order valence-electron chi connectivity index (χ4n) is 6.68. The monoisotopic (exact) mass is 722 g/mol. The molecule has 0 saturated heterocycles. The van der Waals surface area contributed by atoms with Gasteiger partial charge in [0.15, 0.2) is 0 Å². The molecule has 11 heteroatoms. The average Bonchev–Trinajstić information content (AvgIpc) is 3.65. The van der Waals surface area contributed by atoms with Crippen LogP contribution in [0.15, 0.2) is 83.8 Å². The van der Waals surface area contributed by atoms with E-state index < -0.39 is 23.7 Å². The lowest BCUT2D eigenvalue weighted by Crippen LogP contribution is -2.48. The lowest BCUT2D eigenvalue weighted by molar-refractivity contribution is -0.153. The van der Waals surface area contributed by atoms with Gasteiger partial charge < -0.3 is 24.3 Å². The number of esters is 1. The number of carbonyl (C=O) groups is 2. The third kappa shape index (κ3) is 8.04. The van der Waals surface area contributed by atoms with Crippen molar-refractivity contribution in [2.24, 2.45) is 5.41 Å². The van der Waals surface area contributed by atoms with Crippen molar-refractivity contribution >= 4 is 40.4 Å². The van der Waals surface area contributed by atoms with Crippen LogP contribution in [0.3, 0.4) is 0 Å². The van der Waals surface area contributed by atoms with Gasteiger partial charge in [0.1, 0.15) is 11.9 Å². The summed E-state index contributed by atoms with van der Waals surface area (Å²) < 4.78 is 17.3. The molecular formula is C41H46N4O6S. The van der Waals surface area contributed by atoms with Gasteiger partial charge in [0.2, 0.25) is 5.88 Å². The lowest BCUT2D eigenvalue weighted by atomic mass is 9.88. The number of benzene rings is 3. The molecule has 2 atom stereocenters. The van der Waals surface area contributed by atoms with Gasteiger partial charge in [-0.25, -0.2) is 4.79 Å². The molecule has 6 rings (SSSR count). The van der Waals surface area contributed by atoms with Gasteiger partial charge in [-0.15, -0.1) is 22.0 Å². The van der Waals surface area contributed by atoms with Gasteiger partial charge in [0.05, 0.1) is 36.6 Å². The van der Waals surface area contributed by atoms with Crippen molar-refractivity contribution in [1.29, 1.82) is 0 Å². The van der Waals surface area contributed by atoms with E-state index in [1.165, 1.54) is 4.90 Å². The first kappa shape index (κ1) is 36.8. The number of rotatable bonds is 12. The highest BCUT2D eigenvalue weighted by Crippen LogP contribution is 2.43. The maximum atomic E-state index is 12.9. The third-order valence-corrected chi connectivity index (χ3v) is 10.4. The number of carboxylic acid groups (broad SMARTS) is 1. The summed E-state index contributed by atoms with van der Waals surface area (Å²) in [6, 6.07) is 24.8. The summed E-state index contributed by atoms with van der Waals surface area (Å²) in [5.74, 6) is 0.840. The molecule has 1 unspecified atom stereocenters. The van der Waals surface area contributed by atoms with E-state index in [-0.39, 0.29) is 10.7 Å². The molecular weight excluding hydrogens is 677 g/mol. The van der Waals surface area contributed by atoms with Crippen molar-refractivity contribution in [1.82, 2.24) is 15.2 Å². The molecule has 3 aromatic carbocycles. The number of anilines is 1. The van der Waals surface area contributed by atoms with Crippen LogP contribution in [0.25, 0.3) is 22.2 Å². The second kappa shape index (κ2) is 14.9. The highest BCUT2D eigenvalue weighted by atomic mass is 32.2. The normalized spacial score (nSPS) is 15.0. The molecule has 5 aromatic rings. The molecule has 10 nitrogen and oxygen atoms in total. The fraction of sp³-hybridized carbons (Fsp3) is 0.366. The maximum Gasteiger partial charge on any atom is 0.412 e. The first-order valence-corrected chi connectivity index (χ1v) is 18.3. The number of H-pyrrole nitrogens is 1. The Morgan fingerprint density at radius 3 is 2.40 bits per heavy atom. The van der Waals surface area contributed by atoms with Gasteiger partial charge in [0.25, 0.3) is 0 Å². The minimum absolute atomic E-state index is 0.113. The molecule has 2 aromatic heterocycles. The maximum absolute atomic E-state index is 12.9. The smallest absolute Gasteiger partial charge is 0.412 e. The van der Waals surface area contributed by atoms with Crippen LogP contribution in [0.1, 0.15) is 58.4 Å². The summed E-state index contributed by atoms with van der Waals surface area (Å²) in [4.78, 5) is 31.8. The first-order chi connectivity index (χ1) is 24.8. The molecule has 0 saturated carbocycles. The minimum atomic E-state index is -1.02. The number of amides is 1. The first-order valence-electron chi connectivity index (χ1n) is 17.5. The zero-order chi connectivity index (χ0) is 37.2. The van der Waals surface area contributed by atoms with Crippen molar-refractivity contribution in [2.75, 3.05) is 18.6 Å². The Hall–Kier alpha value is -5.03. The number of para-hydroxylation sites is 1. The van der Waals surface area contributed by atoms with Gasteiger partial charge in [-0.3, -0.25) is 9.69 Å². The third-order valence-electron chi connectivity index (χ3n) is 9.12. The molecule has 0 radical (unpaired) electrons. The Morgan fingerprint density at radius 1 is 1.00 bits per heavy atom. The molecule has 3 heterocycles. The van der Waals surface area contributed by atoms with Crippen LogP contribution >= 0.6 is 11.8 Å². The standard InChI is InChI=1S/C41H46N4O6S/c1-8-50-38(46)41(5,6)24-32-37(52-40(2,3)4)29-23-28(17-18-31(29)42-32)51-35(34-22-27-11-9-10-12-33(27)45(34)39(47)48)21-25-13-15-26(16-14-25)30-19-20-36(49-7)44-43-30/h9-20,23,34-35,42H,8,21-22,24H2,1-7H3,(H,47,48)/t34-,35?/m0/s1. The highest BCUT2D eigenvalue weighted by molar-refractivity contribution is 8.00. The van der Waals surface area contributed by atoms with Gasteiger partial charge >= 0.3 is 12.1 Å². The number of carbonyl (C=O) groups excluding carboxylic acids is 1. The summed E-state index contributed by atoms with van der Waals surface area (Å²) in [5.41, 5.74) is 5.43. The van der Waals surface area contributed by atoms with E-state index in [2.05, 4.69) is 36.0 Å². The van der Waals surface area contributed by atoms with Gasteiger partial charge in [0, 0.05) is 50.7 Å². The van der Waals surface area contributed by atoms with Crippen LogP contribution in [0.2, 0.25) is 0 Å². The molecule has 1 aliphatic rings. The molecule has 0 bridgehead atoms. The highest BCUT2D eigenvalue weighted by Gasteiger charge is 2.40. The number of fused-ring (bicyclic) bond motifs is 2. The van der Waals surface area contributed by atoms with Crippen molar-refractivity contribution in [3.05, 3.63) is 95.7 Å². The number of nitrogens with one attached hydrogen (secondary N) is 1. The van der Waals surface area contributed by atoms with E-state index in [1.54, 1.807) is 24.9 Å². The second-order valence-corrected chi connectivity index (χ2v) is 16.5. The predicted molar refractivity (Wildman–Crippen MR) is 205 cm³/mol. The molecule has 2 N–H and O–H groups in total. The topological polar surface area (TPSA) is 127 Å². The zero-order valence-electron chi connectivity index (χ0n) is 30.7. The van der Waals surface area contributed by atoms with Crippen LogP contribution in [0, 0.1) is 5.41 Å². The molecule has 1 amide bonds. The number of aromatic amines is 1. The number of nitrogens with zero attached hydrogens (tertiary/aromatic N) is 3. The van der Waals surface area contributed by atoms with Crippen LogP contribution in [-0.2, 0) is 28.8 Å². The molecule has 0 spiro atoms. The molecule has 272 valence electrons. The second-order valence-electron chi connectivity index (χ2n) is 14.7. The average molecular weight is 723 g/mol. The van der Waals surface area contributed by atoms with E-state index in [1.807, 2.05) is 93.6 Å². The van der Waals surface area contributed by atoms with Crippen LogP contribution in [0.4, 0.5) is 10.5 Å². The van der Waals surface area contributed by atoms with Crippen molar-refractivity contribution in [2.45, 2.75) is 82.6 Å². The van der Waals surface area contributed by atoms with Crippen LogP contribution in [0.5, 0.6) is 11.6 Å². The summed E-state index contributed by atoms with van der Waals surface area (Å²) in [6.07, 6.45) is -0.0746. The summed E-state index contributed by atoms with van der Waals surface area (Å²) >= 11 is 1.74. The zero-order valence-corrected chi connectivity index (χ0v) is 31.5. The van der Waals surface area contributed by atoms with Crippen molar-refractivity contribution in [3.8, 4) is 22.9 Å². The van der Waals surface area contributed by atoms with Gasteiger partial charge in [-0.1, -0.05) is 63.2 Å². The molecule has 0 aliphatic carbocycles. The lowest BCUT2D eigenvalue weighted by Gasteiger charge is -2.31.